The lowest BCUT2D eigenvalue weighted by atomic mass is 10.7. The van der Waals surface area contributed by atoms with Gasteiger partial charge in [-0.15, -0.1) is 11.3 Å². The number of carbonyl (C=O) groups is 1. The third-order valence-electron chi connectivity index (χ3n) is 0.838. The Bertz CT molecular complexity index is 269. The van der Waals surface area contributed by atoms with Crippen molar-refractivity contribution in [2.24, 2.45) is 0 Å². The lowest BCUT2D eigenvalue weighted by Gasteiger charge is -2.02. The summed E-state index contributed by atoms with van der Waals surface area (Å²) >= 11 is 1.04. The second-order valence-electron chi connectivity index (χ2n) is 1.71. The Labute approximate surface area is 68.8 Å². The van der Waals surface area contributed by atoms with Gasteiger partial charge in [-0.2, -0.15) is 13.2 Å². The van der Waals surface area contributed by atoms with E-state index >= 15 is 0 Å². The number of thiazole rings is 1. The Kier molecular flexibility index (Phi) is 2.32. The number of hydrogen-bond donors (Lipinski definition) is 0. The molecule has 0 spiro atoms. The van der Waals surface area contributed by atoms with Gasteiger partial charge in [-0.25, -0.2) is 9.78 Å². The first kappa shape index (κ1) is 8.98. The number of carbonyl (C=O) groups excluding carboxylic acids is 1. The molecule has 7 heteroatoms. The third kappa shape index (κ3) is 2.19. The Hall–Kier alpha value is -1.11. The van der Waals surface area contributed by atoms with Crippen LogP contribution in [0.15, 0.2) is 10.9 Å². The van der Waals surface area contributed by atoms with E-state index in [0.717, 1.165) is 11.3 Å². The largest absolute Gasteiger partial charge is 0.491 e. The maximum Gasteiger partial charge on any atom is 0.491 e. The Morgan fingerprint density at radius 1 is 1.58 bits per heavy atom. The number of aromatic nitrogens is 1. The van der Waals surface area contributed by atoms with Crippen molar-refractivity contribution >= 4 is 17.3 Å². The minimum atomic E-state index is -4.97. The lowest BCUT2D eigenvalue weighted by Crippen LogP contribution is -2.28. The summed E-state index contributed by atoms with van der Waals surface area (Å²) in [5.74, 6) is -2.59. The smallest absolute Gasteiger partial charge is 0.400 e. The zero-order valence-corrected chi connectivity index (χ0v) is 6.28. The minimum absolute atomic E-state index is 0.331. The van der Waals surface area contributed by atoms with Gasteiger partial charge in [0.15, 0.2) is 0 Å². The van der Waals surface area contributed by atoms with Gasteiger partial charge in [-0.1, -0.05) is 0 Å². The normalized spacial score (nSPS) is 11.2. The molecule has 0 saturated carbocycles. The highest BCUT2D eigenvalue weighted by Crippen LogP contribution is 2.19. The molecule has 0 radical (unpaired) electrons. The van der Waals surface area contributed by atoms with Gasteiger partial charge in [-0.05, 0) is 0 Å². The Morgan fingerprint density at radius 2 is 2.25 bits per heavy atom. The summed E-state index contributed by atoms with van der Waals surface area (Å²) in [4.78, 5) is 13.5. The van der Waals surface area contributed by atoms with Crippen molar-refractivity contribution in [1.29, 1.82) is 0 Å². The molecule has 0 amide bonds. The van der Waals surface area contributed by atoms with Crippen LogP contribution in [-0.2, 0) is 4.79 Å². The first-order chi connectivity index (χ1) is 5.50. The summed E-state index contributed by atoms with van der Waals surface area (Å²) in [7, 11) is 0. The summed E-state index contributed by atoms with van der Waals surface area (Å²) < 4.78 is 38.5. The molecule has 0 aromatic carbocycles. The molecule has 66 valence electrons. The predicted molar refractivity (Wildman–Crippen MR) is 33.8 cm³/mol. The summed E-state index contributed by atoms with van der Waals surface area (Å²) in [6.07, 6.45) is -4.97. The van der Waals surface area contributed by atoms with Gasteiger partial charge in [0, 0.05) is 0 Å². The van der Waals surface area contributed by atoms with Crippen molar-refractivity contribution in [3.05, 3.63) is 10.9 Å². The van der Waals surface area contributed by atoms with Crippen molar-refractivity contribution in [1.82, 2.24) is 4.98 Å². The molecular formula is C5H2F3NO2S. The highest BCUT2D eigenvalue weighted by Gasteiger charge is 2.41. The zero-order chi connectivity index (χ0) is 9.19. The summed E-state index contributed by atoms with van der Waals surface area (Å²) in [6.45, 7) is 0. The lowest BCUT2D eigenvalue weighted by molar-refractivity contribution is -0.189. The van der Waals surface area contributed by atoms with Gasteiger partial charge in [0.1, 0.15) is 0 Å². The number of hydrogen-bond acceptors (Lipinski definition) is 4. The molecule has 0 aliphatic rings. The van der Waals surface area contributed by atoms with Crippen molar-refractivity contribution in [2.45, 2.75) is 6.18 Å². The van der Waals surface area contributed by atoms with Gasteiger partial charge >= 0.3 is 12.1 Å². The maximum absolute atomic E-state index is 11.5. The molecule has 0 saturated heterocycles. The molecule has 1 rings (SSSR count). The zero-order valence-electron chi connectivity index (χ0n) is 5.46. The molecule has 0 unspecified atom stereocenters. The van der Waals surface area contributed by atoms with Crippen LogP contribution >= 0.6 is 11.3 Å². The van der Waals surface area contributed by atoms with E-state index in [0.29, 0.717) is 0 Å². The average molecular weight is 197 g/mol. The summed E-state index contributed by atoms with van der Waals surface area (Å²) in [5, 5.41) is 1.20. The third-order valence-corrected chi connectivity index (χ3v) is 1.40. The van der Waals surface area contributed by atoms with Crippen LogP contribution in [0, 0.1) is 0 Å². The molecule has 0 bridgehead atoms. The van der Waals surface area contributed by atoms with E-state index in [1.54, 1.807) is 0 Å². The number of alkyl halides is 3. The van der Waals surface area contributed by atoms with Crippen LogP contribution in [0.1, 0.15) is 0 Å². The van der Waals surface area contributed by atoms with Gasteiger partial charge < -0.3 is 4.74 Å². The number of halogens is 3. The van der Waals surface area contributed by atoms with E-state index in [4.69, 9.17) is 0 Å². The molecule has 1 aromatic heterocycles. The van der Waals surface area contributed by atoms with E-state index in [1.165, 1.54) is 10.9 Å². The summed E-state index contributed by atoms with van der Waals surface area (Å²) in [5.41, 5.74) is 1.26. The van der Waals surface area contributed by atoms with E-state index in [2.05, 4.69) is 9.72 Å². The second-order valence-corrected chi connectivity index (χ2v) is 2.43. The van der Waals surface area contributed by atoms with Crippen LogP contribution in [-0.4, -0.2) is 17.1 Å². The molecule has 12 heavy (non-hydrogen) atoms. The van der Waals surface area contributed by atoms with Crippen LogP contribution in [0.3, 0.4) is 0 Å². The molecule has 1 aromatic rings. The van der Waals surface area contributed by atoms with Crippen LogP contribution in [0.25, 0.3) is 0 Å². The fourth-order valence-electron chi connectivity index (χ4n) is 0.405. The van der Waals surface area contributed by atoms with Crippen molar-refractivity contribution in [3.8, 4) is 5.88 Å². The van der Waals surface area contributed by atoms with E-state index < -0.39 is 12.1 Å². The topological polar surface area (TPSA) is 39.2 Å². The first-order valence-electron chi connectivity index (χ1n) is 2.67. The number of rotatable bonds is 1. The fourth-order valence-corrected chi connectivity index (χ4v) is 0.856. The van der Waals surface area contributed by atoms with Crippen molar-refractivity contribution < 1.29 is 22.7 Å². The standard InChI is InChI=1S/C5H2F3NO2S/c6-5(7,8)4(10)11-3-1-12-2-9-3/h1-2H. The van der Waals surface area contributed by atoms with Crippen molar-refractivity contribution in [2.75, 3.05) is 0 Å². The van der Waals surface area contributed by atoms with Gasteiger partial charge in [0.25, 0.3) is 0 Å². The highest BCUT2D eigenvalue weighted by molar-refractivity contribution is 7.07. The quantitative estimate of drug-likeness (QED) is 0.642. The van der Waals surface area contributed by atoms with Gasteiger partial charge in [0.05, 0.1) is 10.9 Å². The van der Waals surface area contributed by atoms with Crippen LogP contribution in [0.5, 0.6) is 5.88 Å². The molecule has 0 aliphatic heterocycles. The molecule has 1 heterocycles. The molecule has 0 aliphatic carbocycles. The van der Waals surface area contributed by atoms with Crippen LogP contribution in [0.2, 0.25) is 0 Å². The maximum atomic E-state index is 11.5. The predicted octanol–water partition coefficient (Wildman–Crippen LogP) is 1.61. The van der Waals surface area contributed by atoms with E-state index in [9.17, 15) is 18.0 Å². The molecule has 0 fully saturated rings. The highest BCUT2D eigenvalue weighted by atomic mass is 32.1. The molecule has 3 nitrogen and oxygen atoms in total. The second kappa shape index (κ2) is 3.10. The fraction of sp³-hybridized carbons (Fsp3) is 0.200. The van der Waals surface area contributed by atoms with Crippen molar-refractivity contribution in [3.63, 3.8) is 0 Å². The Balaban J connectivity index is 2.60. The van der Waals surface area contributed by atoms with E-state index in [1.807, 2.05) is 0 Å². The number of esters is 1. The van der Waals surface area contributed by atoms with Gasteiger partial charge in [-0.3, -0.25) is 0 Å². The SMILES string of the molecule is O=C(Oc1cscn1)C(F)(F)F. The molecule has 0 atom stereocenters. The van der Waals surface area contributed by atoms with Crippen LogP contribution in [0.4, 0.5) is 13.2 Å². The van der Waals surface area contributed by atoms with E-state index in [-0.39, 0.29) is 5.88 Å². The monoisotopic (exact) mass is 197 g/mol. The number of nitrogens with zero attached hydrogens (tertiary/aromatic N) is 1. The van der Waals surface area contributed by atoms with Gasteiger partial charge in [0.2, 0.25) is 5.88 Å². The van der Waals surface area contributed by atoms with Crippen LogP contribution < -0.4 is 4.74 Å². The number of ether oxygens (including phenoxy) is 1. The summed E-state index contributed by atoms with van der Waals surface area (Å²) in [6, 6.07) is 0. The minimum Gasteiger partial charge on any atom is -0.400 e. The first-order valence-corrected chi connectivity index (χ1v) is 3.61. The molecule has 0 N–H and O–H groups in total. The Morgan fingerprint density at radius 3 is 2.67 bits per heavy atom. The molecular weight excluding hydrogens is 195 g/mol. The average Bonchev–Trinajstić information content (AvgIpc) is 2.37.